The molecular weight excluding hydrogens is 260 g/mol. The Balaban J connectivity index is 3.01. The van der Waals surface area contributed by atoms with Crippen LogP contribution in [-0.2, 0) is 14.4 Å². The fourth-order valence-electron chi connectivity index (χ4n) is 2.38. The molecule has 20 heavy (non-hydrogen) atoms. The molecule has 1 aliphatic heterocycles. The van der Waals surface area contributed by atoms with Crippen LogP contribution in [0.1, 0.15) is 33.1 Å². The third-order valence-corrected chi connectivity index (χ3v) is 3.38. The number of carbonyl (C=O) groups is 3. The van der Waals surface area contributed by atoms with Gasteiger partial charge in [-0.2, -0.15) is 0 Å². The smallest absolute Gasteiger partial charge is 0.254 e. The van der Waals surface area contributed by atoms with Crippen LogP contribution in [0, 0.1) is 0 Å². The summed E-state index contributed by atoms with van der Waals surface area (Å²) >= 11 is 0. The molecule has 0 aromatic rings. The van der Waals surface area contributed by atoms with Crippen LogP contribution in [0.25, 0.3) is 0 Å². The SMILES string of the molecule is CCCN(C)C(=O)C1(C(=O)N(C)CCC)CC(=O)NN1. The summed E-state index contributed by atoms with van der Waals surface area (Å²) in [4.78, 5) is 39.6. The zero-order valence-electron chi connectivity index (χ0n) is 12.7. The van der Waals surface area contributed by atoms with Gasteiger partial charge in [-0.15, -0.1) is 0 Å². The van der Waals surface area contributed by atoms with Gasteiger partial charge >= 0.3 is 0 Å². The normalized spacial score (nSPS) is 16.7. The van der Waals surface area contributed by atoms with Crippen molar-refractivity contribution in [2.24, 2.45) is 0 Å². The second kappa shape index (κ2) is 6.69. The van der Waals surface area contributed by atoms with E-state index in [0.29, 0.717) is 13.1 Å². The van der Waals surface area contributed by atoms with Gasteiger partial charge < -0.3 is 9.80 Å². The molecule has 1 heterocycles. The van der Waals surface area contributed by atoms with E-state index in [9.17, 15) is 14.4 Å². The first-order chi connectivity index (χ1) is 9.39. The summed E-state index contributed by atoms with van der Waals surface area (Å²) < 4.78 is 0. The van der Waals surface area contributed by atoms with E-state index < -0.39 is 5.54 Å². The van der Waals surface area contributed by atoms with E-state index in [1.165, 1.54) is 9.80 Å². The van der Waals surface area contributed by atoms with Crippen LogP contribution < -0.4 is 10.9 Å². The number of carbonyl (C=O) groups excluding carboxylic acids is 3. The van der Waals surface area contributed by atoms with E-state index in [0.717, 1.165) is 12.8 Å². The number of likely N-dealkylation sites (N-methyl/N-ethyl adjacent to an activating group) is 2. The van der Waals surface area contributed by atoms with Crippen LogP contribution in [-0.4, -0.2) is 60.2 Å². The highest BCUT2D eigenvalue weighted by molar-refractivity contribution is 6.13. The Morgan fingerprint density at radius 1 is 1.10 bits per heavy atom. The third kappa shape index (κ3) is 3.09. The maximum atomic E-state index is 12.6. The van der Waals surface area contributed by atoms with E-state index in [-0.39, 0.29) is 24.1 Å². The van der Waals surface area contributed by atoms with Crippen molar-refractivity contribution in [2.45, 2.75) is 38.6 Å². The summed E-state index contributed by atoms with van der Waals surface area (Å²) in [6.07, 6.45) is 1.42. The van der Waals surface area contributed by atoms with Crippen molar-refractivity contribution >= 4 is 17.7 Å². The summed E-state index contributed by atoms with van der Waals surface area (Å²) in [6, 6.07) is 0. The number of rotatable bonds is 6. The molecule has 1 aliphatic rings. The summed E-state index contributed by atoms with van der Waals surface area (Å²) in [5.41, 5.74) is 3.49. The maximum absolute atomic E-state index is 12.6. The van der Waals surface area contributed by atoms with E-state index in [4.69, 9.17) is 0 Å². The van der Waals surface area contributed by atoms with Crippen molar-refractivity contribution in [1.82, 2.24) is 20.7 Å². The van der Waals surface area contributed by atoms with Crippen molar-refractivity contribution in [3.63, 3.8) is 0 Å². The zero-order valence-corrected chi connectivity index (χ0v) is 12.7. The Morgan fingerprint density at radius 2 is 1.55 bits per heavy atom. The molecule has 7 nitrogen and oxygen atoms in total. The topological polar surface area (TPSA) is 81.8 Å². The van der Waals surface area contributed by atoms with Gasteiger partial charge in [-0.3, -0.25) is 19.8 Å². The first kappa shape index (κ1) is 16.4. The van der Waals surface area contributed by atoms with Crippen molar-refractivity contribution in [3.05, 3.63) is 0 Å². The molecule has 0 atom stereocenters. The summed E-state index contributed by atoms with van der Waals surface area (Å²) in [7, 11) is 3.29. The molecule has 1 fully saturated rings. The summed E-state index contributed by atoms with van der Waals surface area (Å²) in [5.74, 6) is -1.09. The minimum atomic E-state index is -1.51. The summed E-state index contributed by atoms with van der Waals surface area (Å²) in [6.45, 7) is 4.99. The van der Waals surface area contributed by atoms with Gasteiger partial charge in [-0.25, -0.2) is 5.43 Å². The number of hydrogen-bond acceptors (Lipinski definition) is 4. The molecule has 0 bridgehead atoms. The van der Waals surface area contributed by atoms with E-state index in [1.807, 2.05) is 13.8 Å². The van der Waals surface area contributed by atoms with Crippen LogP contribution in [0.5, 0.6) is 0 Å². The first-order valence-electron chi connectivity index (χ1n) is 6.96. The zero-order chi connectivity index (χ0) is 15.3. The standard InChI is InChI=1S/C13H24N4O3/c1-5-7-16(3)11(19)13(9-10(18)14-15-13)12(20)17(4)8-6-2/h15H,5-9H2,1-4H3,(H,14,18). The van der Waals surface area contributed by atoms with Gasteiger partial charge in [0.15, 0.2) is 0 Å². The lowest BCUT2D eigenvalue weighted by Gasteiger charge is -2.33. The Hall–Kier alpha value is -1.63. The molecule has 0 aliphatic carbocycles. The highest BCUT2D eigenvalue weighted by Crippen LogP contribution is 2.21. The highest BCUT2D eigenvalue weighted by atomic mass is 16.2. The predicted molar refractivity (Wildman–Crippen MR) is 74.5 cm³/mol. The van der Waals surface area contributed by atoms with E-state index in [2.05, 4.69) is 10.9 Å². The number of amides is 3. The number of nitrogens with zero attached hydrogens (tertiary/aromatic N) is 2. The van der Waals surface area contributed by atoms with Crippen LogP contribution in [0.3, 0.4) is 0 Å². The number of nitrogens with one attached hydrogen (secondary N) is 2. The molecule has 0 aromatic carbocycles. The van der Waals surface area contributed by atoms with E-state index in [1.54, 1.807) is 14.1 Å². The lowest BCUT2D eigenvalue weighted by atomic mass is 9.93. The maximum Gasteiger partial charge on any atom is 0.254 e. The van der Waals surface area contributed by atoms with Gasteiger partial charge in [0.05, 0.1) is 6.42 Å². The lowest BCUT2D eigenvalue weighted by Crippen LogP contribution is -2.64. The van der Waals surface area contributed by atoms with Crippen molar-refractivity contribution in [1.29, 1.82) is 0 Å². The minimum Gasteiger partial charge on any atom is -0.344 e. The largest absolute Gasteiger partial charge is 0.344 e. The average molecular weight is 284 g/mol. The molecule has 0 aromatic heterocycles. The minimum absolute atomic E-state index is 0.160. The molecule has 0 radical (unpaired) electrons. The highest BCUT2D eigenvalue weighted by Gasteiger charge is 2.53. The molecule has 7 heteroatoms. The quantitative estimate of drug-likeness (QED) is 0.644. The predicted octanol–water partition coefficient (Wildman–Crippen LogP) is -0.513. The second-order valence-corrected chi connectivity index (χ2v) is 5.21. The van der Waals surface area contributed by atoms with Crippen LogP contribution in [0.2, 0.25) is 0 Å². The fraction of sp³-hybridized carbons (Fsp3) is 0.769. The molecule has 0 saturated carbocycles. The third-order valence-electron chi connectivity index (χ3n) is 3.38. The van der Waals surface area contributed by atoms with Crippen molar-refractivity contribution < 1.29 is 14.4 Å². The Bertz CT molecular complexity index is 373. The molecule has 0 spiro atoms. The monoisotopic (exact) mass is 284 g/mol. The summed E-state index contributed by atoms with van der Waals surface area (Å²) in [5, 5.41) is 0. The van der Waals surface area contributed by atoms with Gasteiger partial charge in [0.2, 0.25) is 11.4 Å². The number of hydrazine groups is 1. The van der Waals surface area contributed by atoms with Crippen LogP contribution >= 0.6 is 0 Å². The van der Waals surface area contributed by atoms with Gasteiger partial charge in [0.25, 0.3) is 11.8 Å². The van der Waals surface area contributed by atoms with Crippen LogP contribution in [0.4, 0.5) is 0 Å². The van der Waals surface area contributed by atoms with Crippen molar-refractivity contribution in [3.8, 4) is 0 Å². The first-order valence-corrected chi connectivity index (χ1v) is 6.96. The van der Waals surface area contributed by atoms with E-state index >= 15 is 0 Å². The number of hydrogen-bond donors (Lipinski definition) is 2. The molecular formula is C13H24N4O3. The van der Waals surface area contributed by atoms with Gasteiger partial charge in [-0.1, -0.05) is 13.8 Å². The van der Waals surface area contributed by atoms with Gasteiger partial charge in [0.1, 0.15) is 0 Å². The Morgan fingerprint density at radius 3 is 1.85 bits per heavy atom. The lowest BCUT2D eigenvalue weighted by molar-refractivity contribution is -0.150. The molecule has 0 unspecified atom stereocenters. The molecule has 114 valence electrons. The Labute approximate surface area is 119 Å². The van der Waals surface area contributed by atoms with Gasteiger partial charge in [0, 0.05) is 27.2 Å². The van der Waals surface area contributed by atoms with Gasteiger partial charge in [-0.05, 0) is 12.8 Å². The van der Waals surface area contributed by atoms with Crippen LogP contribution in [0.15, 0.2) is 0 Å². The molecule has 3 amide bonds. The molecule has 2 N–H and O–H groups in total. The molecule has 1 rings (SSSR count). The Kier molecular flexibility index (Phi) is 5.50. The van der Waals surface area contributed by atoms with Crippen molar-refractivity contribution in [2.75, 3.05) is 27.2 Å². The average Bonchev–Trinajstić information content (AvgIpc) is 2.81. The second-order valence-electron chi connectivity index (χ2n) is 5.21. The molecule has 1 saturated heterocycles. The fourth-order valence-corrected chi connectivity index (χ4v) is 2.38.